The second kappa shape index (κ2) is 8.00. The highest BCUT2D eigenvalue weighted by Gasteiger charge is 2.09. The molecule has 0 heterocycles. The molecule has 0 radical (unpaired) electrons. The van der Waals surface area contributed by atoms with Crippen LogP contribution >= 0.6 is 0 Å². The Balaban J connectivity index is 3.61. The van der Waals surface area contributed by atoms with Crippen molar-refractivity contribution >= 4 is 10.1 Å². The van der Waals surface area contributed by atoms with E-state index in [-0.39, 0.29) is 19.3 Å². The summed E-state index contributed by atoms with van der Waals surface area (Å²) in [5, 5.41) is 0. The Labute approximate surface area is 90.6 Å². The molecule has 0 fully saturated rings. The molecule has 6 nitrogen and oxygen atoms in total. The van der Waals surface area contributed by atoms with Gasteiger partial charge in [-0.2, -0.15) is 8.42 Å². The summed E-state index contributed by atoms with van der Waals surface area (Å²) >= 11 is 0. The van der Waals surface area contributed by atoms with Crippen molar-refractivity contribution in [2.24, 2.45) is 0 Å². The maximum absolute atomic E-state index is 10.6. The van der Waals surface area contributed by atoms with Crippen LogP contribution in [0.3, 0.4) is 0 Å². The van der Waals surface area contributed by atoms with Gasteiger partial charge >= 0.3 is 0 Å². The highest BCUT2D eigenvalue weighted by atomic mass is 32.2. The minimum Gasteiger partial charge on any atom is -0.382 e. The highest BCUT2D eigenvalue weighted by molar-refractivity contribution is 7.85. The van der Waals surface area contributed by atoms with E-state index < -0.39 is 10.1 Å². The van der Waals surface area contributed by atoms with Crippen molar-refractivity contribution in [1.82, 2.24) is 0 Å². The molecule has 0 spiro atoms. The van der Waals surface area contributed by atoms with Gasteiger partial charge in [0.1, 0.15) is 6.10 Å². The molecular weight excluding hydrogens is 224 g/mol. The van der Waals surface area contributed by atoms with Crippen LogP contribution in [-0.2, 0) is 28.5 Å². The van der Waals surface area contributed by atoms with Crippen LogP contribution in [0, 0.1) is 0 Å². The molecule has 0 aromatic heterocycles. The number of ether oxygens (including phenoxy) is 3. The highest BCUT2D eigenvalue weighted by Crippen LogP contribution is 1.95. The van der Waals surface area contributed by atoms with Gasteiger partial charge < -0.3 is 14.2 Å². The first-order valence-corrected chi connectivity index (χ1v) is 6.25. The molecule has 0 aliphatic carbocycles. The smallest absolute Gasteiger partial charge is 0.264 e. The van der Waals surface area contributed by atoms with Gasteiger partial charge in [-0.05, 0) is 0 Å². The zero-order chi connectivity index (χ0) is 11.7. The van der Waals surface area contributed by atoms with Gasteiger partial charge in [0, 0.05) is 14.2 Å². The van der Waals surface area contributed by atoms with E-state index in [1.165, 1.54) is 0 Å². The molecule has 0 aliphatic rings. The minimum absolute atomic E-state index is 0.00274. The molecule has 15 heavy (non-hydrogen) atoms. The Morgan fingerprint density at radius 1 is 1.07 bits per heavy atom. The molecule has 0 atom stereocenters. The molecule has 0 unspecified atom stereocenters. The van der Waals surface area contributed by atoms with Crippen LogP contribution in [0.15, 0.2) is 0 Å². The van der Waals surface area contributed by atoms with E-state index in [4.69, 9.17) is 14.2 Å². The van der Waals surface area contributed by atoms with E-state index in [1.807, 2.05) is 0 Å². The van der Waals surface area contributed by atoms with Crippen LogP contribution in [0.5, 0.6) is 0 Å². The fourth-order valence-corrected chi connectivity index (χ4v) is 1.29. The second-order valence-corrected chi connectivity index (χ2v) is 4.57. The Morgan fingerprint density at radius 3 is 2.00 bits per heavy atom. The van der Waals surface area contributed by atoms with E-state index in [0.717, 1.165) is 6.26 Å². The van der Waals surface area contributed by atoms with Gasteiger partial charge in [0.25, 0.3) is 10.1 Å². The fourth-order valence-electron chi connectivity index (χ4n) is 0.916. The Bertz CT molecular complexity index is 232. The largest absolute Gasteiger partial charge is 0.382 e. The third-order valence-corrected chi connectivity index (χ3v) is 2.03. The van der Waals surface area contributed by atoms with Gasteiger partial charge in [-0.25, -0.2) is 0 Å². The molecule has 0 amide bonds. The number of methoxy groups -OCH3 is 2. The van der Waals surface area contributed by atoms with E-state index in [9.17, 15) is 8.42 Å². The van der Waals surface area contributed by atoms with Crippen LogP contribution in [0.25, 0.3) is 0 Å². The quantitative estimate of drug-likeness (QED) is 0.406. The lowest BCUT2D eigenvalue weighted by Gasteiger charge is -2.15. The summed E-state index contributed by atoms with van der Waals surface area (Å²) in [6.07, 6.45) is 0.789. The van der Waals surface area contributed by atoms with E-state index in [2.05, 4.69) is 4.18 Å². The molecule has 0 rings (SSSR count). The van der Waals surface area contributed by atoms with Crippen LogP contribution in [-0.4, -0.2) is 61.4 Å². The monoisotopic (exact) mass is 242 g/mol. The third-order valence-electron chi connectivity index (χ3n) is 1.44. The van der Waals surface area contributed by atoms with Gasteiger partial charge in [0.15, 0.2) is 0 Å². The van der Waals surface area contributed by atoms with Gasteiger partial charge in [-0.15, -0.1) is 0 Å². The fraction of sp³-hybridized carbons (Fsp3) is 1.00. The van der Waals surface area contributed by atoms with Crippen LogP contribution < -0.4 is 0 Å². The second-order valence-electron chi connectivity index (χ2n) is 2.93. The van der Waals surface area contributed by atoms with Crippen molar-refractivity contribution in [3.63, 3.8) is 0 Å². The van der Waals surface area contributed by atoms with Gasteiger partial charge in [0.05, 0.1) is 32.7 Å². The summed E-state index contributed by atoms with van der Waals surface area (Å²) in [5.74, 6) is 0. The van der Waals surface area contributed by atoms with E-state index in [0.29, 0.717) is 13.2 Å². The summed E-state index contributed by atoms with van der Waals surface area (Å²) in [7, 11) is -0.280. The maximum Gasteiger partial charge on any atom is 0.264 e. The third kappa shape index (κ3) is 10.1. The minimum atomic E-state index is -3.39. The van der Waals surface area contributed by atoms with Crippen LogP contribution in [0.1, 0.15) is 0 Å². The Hall–Kier alpha value is -0.210. The molecular formula is C8H18O6S. The predicted octanol–water partition coefficient (Wildman–Crippen LogP) is -0.359. The van der Waals surface area contributed by atoms with Gasteiger partial charge in [-0.3, -0.25) is 4.18 Å². The molecule has 0 aromatic rings. The summed E-state index contributed by atoms with van der Waals surface area (Å²) in [4.78, 5) is 0. The molecule has 0 saturated heterocycles. The molecule has 7 heteroatoms. The summed E-state index contributed by atoms with van der Waals surface area (Å²) in [6, 6.07) is 0. The first kappa shape index (κ1) is 14.8. The molecule has 0 aromatic carbocycles. The standard InChI is InChI=1S/C8H18O6S/c1-11-6-8(7-12-2)13-4-5-14-15(3,9)10/h8H,4-7H2,1-3H3. The number of hydrogen-bond acceptors (Lipinski definition) is 6. The normalized spacial score (nSPS) is 12.3. The zero-order valence-corrected chi connectivity index (χ0v) is 10.1. The number of rotatable bonds is 9. The summed E-state index contributed by atoms with van der Waals surface area (Å²) < 4.78 is 40.8. The van der Waals surface area contributed by atoms with E-state index in [1.54, 1.807) is 14.2 Å². The summed E-state index contributed by atoms with van der Waals surface area (Å²) in [5.41, 5.74) is 0. The van der Waals surface area contributed by atoms with Crippen molar-refractivity contribution < 1.29 is 26.8 Å². The van der Waals surface area contributed by atoms with Crippen molar-refractivity contribution in [2.45, 2.75) is 6.10 Å². The molecule has 92 valence electrons. The average molecular weight is 242 g/mol. The first-order valence-electron chi connectivity index (χ1n) is 4.43. The molecule has 0 N–H and O–H groups in total. The lowest BCUT2D eigenvalue weighted by Crippen LogP contribution is -2.26. The van der Waals surface area contributed by atoms with Crippen LogP contribution in [0.4, 0.5) is 0 Å². The lowest BCUT2D eigenvalue weighted by atomic mass is 10.4. The van der Waals surface area contributed by atoms with E-state index >= 15 is 0 Å². The predicted molar refractivity (Wildman–Crippen MR) is 54.3 cm³/mol. The first-order chi connectivity index (χ1) is 6.99. The topological polar surface area (TPSA) is 71.1 Å². The van der Waals surface area contributed by atoms with Crippen molar-refractivity contribution in [3.05, 3.63) is 0 Å². The lowest BCUT2D eigenvalue weighted by molar-refractivity contribution is -0.0476. The Morgan fingerprint density at radius 2 is 1.60 bits per heavy atom. The van der Waals surface area contributed by atoms with Crippen molar-refractivity contribution in [1.29, 1.82) is 0 Å². The Kier molecular flexibility index (Phi) is 7.89. The molecule has 0 saturated carbocycles. The van der Waals surface area contributed by atoms with Crippen molar-refractivity contribution in [3.8, 4) is 0 Å². The van der Waals surface area contributed by atoms with Crippen LogP contribution in [0.2, 0.25) is 0 Å². The molecule has 0 aliphatic heterocycles. The SMILES string of the molecule is COCC(COC)OCCOS(C)(=O)=O. The van der Waals surface area contributed by atoms with Crippen molar-refractivity contribution in [2.75, 3.05) is 46.9 Å². The molecule has 0 bridgehead atoms. The number of hydrogen-bond donors (Lipinski definition) is 0. The maximum atomic E-state index is 10.6. The zero-order valence-electron chi connectivity index (χ0n) is 9.26. The summed E-state index contributed by atoms with van der Waals surface area (Å²) in [6.45, 7) is 0.979. The van der Waals surface area contributed by atoms with Gasteiger partial charge in [0.2, 0.25) is 0 Å². The van der Waals surface area contributed by atoms with Gasteiger partial charge in [-0.1, -0.05) is 0 Å². The average Bonchev–Trinajstić information content (AvgIpc) is 2.11.